The van der Waals surface area contributed by atoms with Crippen LogP contribution in [0, 0.1) is 0 Å². The minimum atomic E-state index is 0.274. The maximum Gasteiger partial charge on any atom is 0.187 e. The second-order valence-corrected chi connectivity index (χ2v) is 6.29. The number of rotatable bonds is 4. The van der Waals surface area contributed by atoms with Gasteiger partial charge in [-0.25, -0.2) is 4.98 Å². The molecule has 0 aliphatic heterocycles. The number of halogens is 1. The summed E-state index contributed by atoms with van der Waals surface area (Å²) in [5, 5.41) is 11.2. The smallest absolute Gasteiger partial charge is 0.187 e. The molecule has 1 aromatic heterocycles. The molecule has 0 bridgehead atoms. The van der Waals surface area contributed by atoms with Crippen LogP contribution in [-0.4, -0.2) is 22.4 Å². The molecule has 0 spiro atoms. The molecule has 2 rings (SSSR count). The highest BCUT2D eigenvalue weighted by Crippen LogP contribution is 2.24. The van der Waals surface area contributed by atoms with E-state index in [2.05, 4.69) is 20.8 Å². The highest BCUT2D eigenvalue weighted by Gasteiger charge is 2.03. The third-order valence-corrected chi connectivity index (χ3v) is 3.77. The number of nitrogens with zero attached hydrogens (tertiary/aromatic N) is 2. The fourth-order valence-electron chi connectivity index (χ4n) is 1.52. The van der Waals surface area contributed by atoms with Crippen LogP contribution < -0.4 is 10.7 Å². The van der Waals surface area contributed by atoms with Crippen molar-refractivity contribution in [3.63, 3.8) is 0 Å². The molecule has 1 heterocycles. The first kappa shape index (κ1) is 15.9. The van der Waals surface area contributed by atoms with Gasteiger partial charge in [0.05, 0.1) is 11.9 Å². The maximum absolute atomic E-state index is 5.87. The highest BCUT2D eigenvalue weighted by molar-refractivity contribution is 7.80. The quantitative estimate of drug-likeness (QED) is 0.507. The zero-order valence-corrected chi connectivity index (χ0v) is 14.0. The van der Waals surface area contributed by atoms with Crippen LogP contribution in [0.5, 0.6) is 0 Å². The summed E-state index contributed by atoms with van der Waals surface area (Å²) >= 11 is 12.5. The average Bonchev–Trinajstić information content (AvgIpc) is 2.87. The van der Waals surface area contributed by atoms with E-state index in [-0.39, 0.29) is 6.04 Å². The zero-order chi connectivity index (χ0) is 15.2. The van der Waals surface area contributed by atoms with E-state index in [4.69, 9.17) is 23.8 Å². The number of thiazole rings is 1. The van der Waals surface area contributed by atoms with Crippen molar-refractivity contribution >= 4 is 46.5 Å². The van der Waals surface area contributed by atoms with Crippen LogP contribution in [0.15, 0.2) is 34.7 Å². The van der Waals surface area contributed by atoms with Gasteiger partial charge >= 0.3 is 0 Å². The number of thiocarbonyl (C=S) groups is 1. The molecule has 7 heteroatoms. The van der Waals surface area contributed by atoms with Crippen molar-refractivity contribution < 1.29 is 0 Å². The fraction of sp³-hybridized carbons (Fsp3) is 0.214. The number of nitrogens with one attached hydrogen (secondary N) is 2. The fourth-order valence-corrected chi connectivity index (χ4v) is 2.71. The number of hydrazone groups is 1. The van der Waals surface area contributed by atoms with Crippen LogP contribution in [0.2, 0.25) is 5.02 Å². The Morgan fingerprint density at radius 3 is 2.76 bits per heavy atom. The topological polar surface area (TPSA) is 49.3 Å². The van der Waals surface area contributed by atoms with Gasteiger partial charge in [0.25, 0.3) is 0 Å². The molecule has 1 aromatic carbocycles. The van der Waals surface area contributed by atoms with Crippen LogP contribution in [-0.2, 0) is 0 Å². The molecule has 0 aliphatic rings. The third kappa shape index (κ3) is 5.08. The summed E-state index contributed by atoms with van der Waals surface area (Å²) in [5.41, 5.74) is 4.57. The highest BCUT2D eigenvalue weighted by atomic mass is 35.5. The molecule has 0 fully saturated rings. The van der Waals surface area contributed by atoms with Crippen molar-refractivity contribution in [2.24, 2.45) is 5.10 Å². The molecule has 0 aliphatic carbocycles. The van der Waals surface area contributed by atoms with Gasteiger partial charge in [-0.15, -0.1) is 11.3 Å². The van der Waals surface area contributed by atoms with Gasteiger partial charge in [0.2, 0.25) is 0 Å². The molecule has 0 unspecified atom stereocenters. The van der Waals surface area contributed by atoms with E-state index in [1.165, 1.54) is 0 Å². The SMILES string of the molecule is CC(C)NC(=S)N/N=C\c1csc(-c2ccc(Cl)cc2)n1. The minimum Gasteiger partial charge on any atom is -0.359 e. The largest absolute Gasteiger partial charge is 0.359 e. The summed E-state index contributed by atoms with van der Waals surface area (Å²) < 4.78 is 0. The molecule has 21 heavy (non-hydrogen) atoms. The summed E-state index contributed by atoms with van der Waals surface area (Å²) in [6.45, 7) is 4.02. The van der Waals surface area contributed by atoms with Crippen LogP contribution in [0.1, 0.15) is 19.5 Å². The number of hydrogen-bond donors (Lipinski definition) is 2. The first-order valence-corrected chi connectivity index (χ1v) is 8.02. The second-order valence-electron chi connectivity index (χ2n) is 4.58. The van der Waals surface area contributed by atoms with Crippen molar-refractivity contribution in [1.82, 2.24) is 15.7 Å². The van der Waals surface area contributed by atoms with Crippen molar-refractivity contribution in [3.05, 3.63) is 40.4 Å². The van der Waals surface area contributed by atoms with Gasteiger partial charge in [-0.05, 0) is 38.2 Å². The Morgan fingerprint density at radius 1 is 1.38 bits per heavy atom. The summed E-state index contributed by atoms with van der Waals surface area (Å²) in [7, 11) is 0. The molecular weight excluding hydrogens is 324 g/mol. The molecule has 0 amide bonds. The Balaban J connectivity index is 1.97. The minimum absolute atomic E-state index is 0.274. The van der Waals surface area contributed by atoms with E-state index in [1.54, 1.807) is 17.6 Å². The normalized spacial score (nSPS) is 11.0. The average molecular weight is 339 g/mol. The van der Waals surface area contributed by atoms with Gasteiger partial charge in [0, 0.05) is 22.0 Å². The number of aromatic nitrogens is 1. The van der Waals surface area contributed by atoms with Crippen molar-refractivity contribution in [3.8, 4) is 10.6 Å². The lowest BCUT2D eigenvalue weighted by molar-refractivity contribution is 0.719. The lowest BCUT2D eigenvalue weighted by Crippen LogP contribution is -2.36. The van der Waals surface area contributed by atoms with E-state index in [0.717, 1.165) is 16.3 Å². The van der Waals surface area contributed by atoms with Gasteiger partial charge in [0.15, 0.2) is 5.11 Å². The van der Waals surface area contributed by atoms with Gasteiger partial charge in [-0.1, -0.05) is 23.7 Å². The summed E-state index contributed by atoms with van der Waals surface area (Å²) in [4.78, 5) is 4.49. The Labute approximate surface area is 138 Å². The summed E-state index contributed by atoms with van der Waals surface area (Å²) in [5.74, 6) is 0. The Morgan fingerprint density at radius 2 is 2.10 bits per heavy atom. The molecule has 0 atom stereocenters. The monoisotopic (exact) mass is 338 g/mol. The van der Waals surface area contributed by atoms with Crippen molar-refractivity contribution in [1.29, 1.82) is 0 Å². The zero-order valence-electron chi connectivity index (χ0n) is 11.6. The molecule has 2 aromatic rings. The maximum atomic E-state index is 5.87. The molecule has 110 valence electrons. The molecule has 0 radical (unpaired) electrons. The van der Waals surface area contributed by atoms with Crippen LogP contribution >= 0.6 is 35.2 Å². The lowest BCUT2D eigenvalue weighted by atomic mass is 10.2. The molecule has 2 N–H and O–H groups in total. The van der Waals surface area contributed by atoms with Crippen LogP contribution in [0.25, 0.3) is 10.6 Å². The molecule has 0 saturated carbocycles. The van der Waals surface area contributed by atoms with Gasteiger partial charge in [-0.3, -0.25) is 5.43 Å². The van der Waals surface area contributed by atoms with E-state index < -0.39 is 0 Å². The molecule has 0 saturated heterocycles. The predicted octanol–water partition coefficient (Wildman–Crippen LogP) is 3.67. The van der Waals surface area contributed by atoms with Crippen LogP contribution in [0.3, 0.4) is 0 Å². The first-order valence-electron chi connectivity index (χ1n) is 6.35. The third-order valence-electron chi connectivity index (χ3n) is 2.40. The summed E-state index contributed by atoms with van der Waals surface area (Å²) in [6, 6.07) is 7.87. The first-order chi connectivity index (χ1) is 10.0. The standard InChI is InChI=1S/C14H15ClN4S2/c1-9(2)17-14(20)19-16-7-12-8-21-13(18-12)10-3-5-11(15)6-4-10/h3-9H,1-2H3,(H2,17,19,20)/b16-7-. The summed E-state index contributed by atoms with van der Waals surface area (Å²) in [6.07, 6.45) is 1.64. The van der Waals surface area contributed by atoms with Gasteiger partial charge in [0.1, 0.15) is 5.01 Å². The van der Waals surface area contributed by atoms with E-state index in [1.807, 2.05) is 43.5 Å². The van der Waals surface area contributed by atoms with Crippen molar-refractivity contribution in [2.45, 2.75) is 19.9 Å². The lowest BCUT2D eigenvalue weighted by Gasteiger charge is -2.08. The number of hydrogen-bond acceptors (Lipinski definition) is 4. The van der Waals surface area contributed by atoms with Crippen LogP contribution in [0.4, 0.5) is 0 Å². The van der Waals surface area contributed by atoms with E-state index >= 15 is 0 Å². The Bertz CT molecular complexity index is 635. The molecule has 4 nitrogen and oxygen atoms in total. The predicted molar refractivity (Wildman–Crippen MR) is 94.2 cm³/mol. The van der Waals surface area contributed by atoms with Gasteiger partial charge in [-0.2, -0.15) is 5.10 Å². The van der Waals surface area contributed by atoms with E-state index in [9.17, 15) is 0 Å². The van der Waals surface area contributed by atoms with E-state index in [0.29, 0.717) is 10.1 Å². The second kappa shape index (κ2) is 7.49. The Kier molecular flexibility index (Phi) is 5.67. The Hall–Kier alpha value is -1.50. The van der Waals surface area contributed by atoms with Gasteiger partial charge < -0.3 is 5.32 Å². The molecular formula is C14H15ClN4S2. The van der Waals surface area contributed by atoms with Crippen molar-refractivity contribution in [2.75, 3.05) is 0 Å². The number of benzene rings is 1.